The third kappa shape index (κ3) is 3.95. The molecule has 15 heavy (non-hydrogen) atoms. The van der Waals surface area contributed by atoms with Crippen LogP contribution in [0.1, 0.15) is 33.1 Å². The Morgan fingerprint density at radius 2 is 2.40 bits per heavy atom. The van der Waals surface area contributed by atoms with Crippen molar-refractivity contribution in [1.29, 1.82) is 0 Å². The molecular weight excluding hydrogens is 208 g/mol. The van der Waals surface area contributed by atoms with E-state index >= 15 is 0 Å². The molecular formula is C11H22N2OS. The second-order valence-electron chi connectivity index (χ2n) is 4.19. The zero-order chi connectivity index (χ0) is 11.3. The Bertz CT molecular complexity index is 205. The molecule has 1 aliphatic heterocycles. The predicted octanol–water partition coefficient (Wildman–Crippen LogP) is 1.77. The predicted molar refractivity (Wildman–Crippen MR) is 67.1 cm³/mol. The van der Waals surface area contributed by atoms with Gasteiger partial charge in [0.25, 0.3) is 0 Å². The van der Waals surface area contributed by atoms with E-state index in [1.165, 1.54) is 6.42 Å². The molecule has 0 bridgehead atoms. The molecule has 2 atom stereocenters. The van der Waals surface area contributed by atoms with Gasteiger partial charge in [-0.15, -0.1) is 0 Å². The Hall–Kier alpha value is -0.350. The molecule has 0 saturated carbocycles. The smallest absolute Gasteiger partial charge is 0.169 e. The number of nitrogens with zero attached hydrogens (tertiary/aromatic N) is 1. The third-order valence-electron chi connectivity index (χ3n) is 3.08. The Balaban J connectivity index is 2.22. The fraction of sp³-hybridized carbons (Fsp3) is 0.909. The van der Waals surface area contributed by atoms with Crippen molar-refractivity contribution in [1.82, 2.24) is 10.2 Å². The minimum atomic E-state index is 0.355. The van der Waals surface area contributed by atoms with Crippen molar-refractivity contribution >= 4 is 17.3 Å². The van der Waals surface area contributed by atoms with E-state index < -0.39 is 0 Å². The number of rotatable bonds is 4. The first-order chi connectivity index (χ1) is 7.15. The highest BCUT2D eigenvalue weighted by Gasteiger charge is 2.17. The van der Waals surface area contributed by atoms with Gasteiger partial charge in [-0.2, -0.15) is 0 Å². The molecule has 1 rings (SSSR count). The van der Waals surface area contributed by atoms with E-state index in [2.05, 4.69) is 24.1 Å². The van der Waals surface area contributed by atoms with Crippen LogP contribution in [0, 0.1) is 0 Å². The Labute approximate surface area is 98.2 Å². The summed E-state index contributed by atoms with van der Waals surface area (Å²) in [7, 11) is 2.04. The molecule has 88 valence electrons. The van der Waals surface area contributed by atoms with Gasteiger partial charge in [0, 0.05) is 26.2 Å². The van der Waals surface area contributed by atoms with Crippen LogP contribution in [0.15, 0.2) is 0 Å². The van der Waals surface area contributed by atoms with Gasteiger partial charge < -0.3 is 15.0 Å². The molecule has 1 saturated heterocycles. The van der Waals surface area contributed by atoms with Crippen molar-refractivity contribution in [3.63, 3.8) is 0 Å². The van der Waals surface area contributed by atoms with E-state index in [9.17, 15) is 0 Å². The maximum absolute atomic E-state index is 5.53. The average molecular weight is 230 g/mol. The van der Waals surface area contributed by atoms with E-state index in [1.54, 1.807) is 0 Å². The van der Waals surface area contributed by atoms with Crippen LogP contribution < -0.4 is 5.32 Å². The first-order valence-corrected chi connectivity index (χ1v) is 6.18. The van der Waals surface area contributed by atoms with Crippen LogP contribution in [0.25, 0.3) is 0 Å². The molecule has 1 aliphatic rings. The Morgan fingerprint density at radius 3 is 2.93 bits per heavy atom. The lowest BCUT2D eigenvalue weighted by Crippen LogP contribution is -2.44. The lowest BCUT2D eigenvalue weighted by Gasteiger charge is -2.27. The van der Waals surface area contributed by atoms with E-state index in [0.29, 0.717) is 12.1 Å². The topological polar surface area (TPSA) is 24.5 Å². The van der Waals surface area contributed by atoms with Crippen LogP contribution in [-0.4, -0.2) is 42.4 Å². The van der Waals surface area contributed by atoms with Gasteiger partial charge in [-0.05, 0) is 38.4 Å². The molecule has 1 N–H and O–H groups in total. The van der Waals surface area contributed by atoms with Gasteiger partial charge in [0.05, 0.1) is 6.10 Å². The minimum Gasteiger partial charge on any atom is -0.376 e. The van der Waals surface area contributed by atoms with Gasteiger partial charge in [-0.1, -0.05) is 6.92 Å². The summed E-state index contributed by atoms with van der Waals surface area (Å²) in [5.74, 6) is 0. The van der Waals surface area contributed by atoms with Crippen LogP contribution in [-0.2, 0) is 4.74 Å². The van der Waals surface area contributed by atoms with Gasteiger partial charge in [-0.25, -0.2) is 0 Å². The maximum atomic E-state index is 5.53. The molecule has 0 aliphatic carbocycles. The summed E-state index contributed by atoms with van der Waals surface area (Å²) in [6, 6.07) is 0.495. The Kier molecular flexibility index (Phi) is 5.32. The first-order valence-electron chi connectivity index (χ1n) is 5.77. The van der Waals surface area contributed by atoms with Crippen molar-refractivity contribution in [3.05, 3.63) is 0 Å². The van der Waals surface area contributed by atoms with Crippen molar-refractivity contribution in [3.8, 4) is 0 Å². The van der Waals surface area contributed by atoms with Gasteiger partial charge in [0.2, 0.25) is 0 Å². The standard InChI is InChI=1S/C11H22N2OS/c1-4-9(2)13(3)11(15)12-8-10-6-5-7-14-10/h9-10H,4-8H2,1-3H3,(H,12,15)/t9-,10-/m0/s1. The minimum absolute atomic E-state index is 0.355. The summed E-state index contributed by atoms with van der Waals surface area (Å²) in [5, 5.41) is 4.11. The molecule has 0 radical (unpaired) electrons. The van der Waals surface area contributed by atoms with Crippen LogP contribution in [0.3, 0.4) is 0 Å². The number of hydrogen-bond donors (Lipinski definition) is 1. The first kappa shape index (κ1) is 12.7. The maximum Gasteiger partial charge on any atom is 0.169 e. The molecule has 0 aromatic carbocycles. The molecule has 1 heterocycles. The fourth-order valence-corrected chi connectivity index (χ4v) is 1.87. The van der Waals surface area contributed by atoms with E-state index in [4.69, 9.17) is 17.0 Å². The monoisotopic (exact) mass is 230 g/mol. The van der Waals surface area contributed by atoms with E-state index in [1.807, 2.05) is 7.05 Å². The highest BCUT2D eigenvalue weighted by atomic mass is 32.1. The summed E-state index contributed by atoms with van der Waals surface area (Å²) in [6.07, 6.45) is 3.80. The van der Waals surface area contributed by atoms with Crippen LogP contribution in [0.2, 0.25) is 0 Å². The van der Waals surface area contributed by atoms with E-state index in [-0.39, 0.29) is 0 Å². The summed E-state index contributed by atoms with van der Waals surface area (Å²) >= 11 is 5.31. The van der Waals surface area contributed by atoms with Crippen molar-refractivity contribution in [2.24, 2.45) is 0 Å². The number of ether oxygens (including phenoxy) is 1. The van der Waals surface area contributed by atoms with E-state index in [0.717, 1.165) is 31.1 Å². The number of nitrogens with one attached hydrogen (secondary N) is 1. The molecule has 4 heteroatoms. The summed E-state index contributed by atoms with van der Waals surface area (Å²) < 4.78 is 5.53. The van der Waals surface area contributed by atoms with Gasteiger partial charge in [0.15, 0.2) is 5.11 Å². The van der Waals surface area contributed by atoms with Crippen LogP contribution >= 0.6 is 12.2 Å². The van der Waals surface area contributed by atoms with Crippen molar-refractivity contribution < 1.29 is 4.74 Å². The largest absolute Gasteiger partial charge is 0.376 e. The van der Waals surface area contributed by atoms with Crippen molar-refractivity contribution in [2.45, 2.75) is 45.3 Å². The second-order valence-corrected chi connectivity index (χ2v) is 4.58. The molecule has 0 unspecified atom stereocenters. The highest BCUT2D eigenvalue weighted by Crippen LogP contribution is 2.10. The second kappa shape index (κ2) is 6.28. The SMILES string of the molecule is CC[C@H](C)N(C)C(=S)NC[C@@H]1CCCO1. The molecule has 3 nitrogen and oxygen atoms in total. The van der Waals surface area contributed by atoms with Crippen molar-refractivity contribution in [2.75, 3.05) is 20.2 Å². The fourth-order valence-electron chi connectivity index (χ4n) is 1.61. The van der Waals surface area contributed by atoms with Gasteiger partial charge in [0.1, 0.15) is 0 Å². The molecule has 1 fully saturated rings. The normalized spacial score (nSPS) is 22.5. The zero-order valence-electron chi connectivity index (χ0n) is 9.95. The lowest BCUT2D eigenvalue weighted by atomic mass is 10.2. The highest BCUT2D eigenvalue weighted by molar-refractivity contribution is 7.80. The molecule has 0 aromatic heterocycles. The average Bonchev–Trinajstić information content (AvgIpc) is 2.76. The van der Waals surface area contributed by atoms with Gasteiger partial charge >= 0.3 is 0 Å². The quantitative estimate of drug-likeness (QED) is 0.744. The lowest BCUT2D eigenvalue weighted by molar-refractivity contribution is 0.113. The summed E-state index contributed by atoms with van der Waals surface area (Å²) in [4.78, 5) is 2.12. The van der Waals surface area contributed by atoms with Gasteiger partial charge in [-0.3, -0.25) is 0 Å². The third-order valence-corrected chi connectivity index (χ3v) is 3.51. The summed E-state index contributed by atoms with van der Waals surface area (Å²) in [5.41, 5.74) is 0. The molecule has 0 amide bonds. The number of thiocarbonyl (C=S) groups is 1. The number of hydrogen-bond acceptors (Lipinski definition) is 2. The molecule has 0 spiro atoms. The zero-order valence-corrected chi connectivity index (χ0v) is 10.8. The molecule has 0 aromatic rings. The van der Waals surface area contributed by atoms with Crippen LogP contribution in [0.5, 0.6) is 0 Å². The Morgan fingerprint density at radius 1 is 1.67 bits per heavy atom. The van der Waals surface area contributed by atoms with Crippen LogP contribution in [0.4, 0.5) is 0 Å². The summed E-state index contributed by atoms with van der Waals surface area (Å²) in [6.45, 7) is 6.10.